The van der Waals surface area contributed by atoms with Crippen molar-refractivity contribution in [3.63, 3.8) is 0 Å². The molecule has 0 saturated carbocycles. The molecule has 156 valence electrons. The summed E-state index contributed by atoms with van der Waals surface area (Å²) < 4.78 is 28.6. The van der Waals surface area contributed by atoms with Gasteiger partial charge in [-0.3, -0.25) is 0 Å². The van der Waals surface area contributed by atoms with Gasteiger partial charge in [0.1, 0.15) is 29.2 Å². The third-order valence-corrected chi connectivity index (χ3v) is 5.26. The molecule has 5 aromatic rings. The number of nitrogens with zero attached hydrogens (tertiary/aromatic N) is 6. The van der Waals surface area contributed by atoms with Gasteiger partial charge in [-0.2, -0.15) is 4.98 Å². The molecule has 0 bridgehead atoms. The highest BCUT2D eigenvalue weighted by atomic mass is 19.1. The molecule has 5 rings (SSSR count). The number of ether oxygens (including phenoxy) is 2. The summed E-state index contributed by atoms with van der Waals surface area (Å²) in [6.07, 6.45) is 5.11. The number of pyridine rings is 1. The molecule has 4 heterocycles. The molecule has 0 N–H and O–H groups in total. The zero-order valence-corrected chi connectivity index (χ0v) is 17.2. The minimum Gasteiger partial charge on any atom is -0.496 e. The molecular formula is C22H19FN6O2. The second-order valence-electron chi connectivity index (χ2n) is 7.04. The summed E-state index contributed by atoms with van der Waals surface area (Å²) in [5, 5.41) is 0. The van der Waals surface area contributed by atoms with Crippen molar-refractivity contribution < 1.29 is 13.9 Å². The lowest BCUT2D eigenvalue weighted by Crippen LogP contribution is -2.05. The summed E-state index contributed by atoms with van der Waals surface area (Å²) in [5.74, 6) is 1.54. The van der Waals surface area contributed by atoms with Gasteiger partial charge in [0.25, 0.3) is 0 Å². The summed E-state index contributed by atoms with van der Waals surface area (Å²) >= 11 is 0. The Morgan fingerprint density at radius 3 is 2.71 bits per heavy atom. The summed E-state index contributed by atoms with van der Waals surface area (Å²) in [4.78, 5) is 17.6. The standard InChI is InChI=1S/C22H19FN6O2/c1-13-27-21-18(29(13)11-14-8-15(23)4-5-19(14)30-2)9-16(10-24-21)28-7-6-17-20(28)22(31-3)26-12-25-17/h4-10,12H,11H2,1-3H3. The molecular weight excluding hydrogens is 399 g/mol. The molecule has 4 aromatic heterocycles. The Labute approximate surface area is 176 Å². The monoisotopic (exact) mass is 418 g/mol. The zero-order valence-electron chi connectivity index (χ0n) is 17.2. The number of hydrogen-bond donors (Lipinski definition) is 0. The fourth-order valence-electron chi connectivity index (χ4n) is 3.79. The molecule has 0 radical (unpaired) electrons. The van der Waals surface area contributed by atoms with Gasteiger partial charge in [-0.05, 0) is 37.3 Å². The quantitative estimate of drug-likeness (QED) is 0.433. The van der Waals surface area contributed by atoms with Crippen LogP contribution in [0.15, 0.2) is 49.1 Å². The van der Waals surface area contributed by atoms with Crippen LogP contribution < -0.4 is 9.47 Å². The molecule has 0 amide bonds. The minimum atomic E-state index is -0.317. The summed E-state index contributed by atoms with van der Waals surface area (Å²) in [6, 6.07) is 8.36. The average molecular weight is 418 g/mol. The van der Waals surface area contributed by atoms with Crippen LogP contribution in [0.5, 0.6) is 11.6 Å². The van der Waals surface area contributed by atoms with E-state index in [4.69, 9.17) is 9.47 Å². The predicted molar refractivity (Wildman–Crippen MR) is 113 cm³/mol. The molecule has 0 atom stereocenters. The van der Waals surface area contributed by atoms with E-state index < -0.39 is 0 Å². The number of imidazole rings is 1. The maximum absolute atomic E-state index is 13.9. The SMILES string of the molecule is COc1ccc(F)cc1Cn1c(C)nc2ncc(-n3ccc4ncnc(OC)c43)cc21. The van der Waals surface area contributed by atoms with Gasteiger partial charge >= 0.3 is 0 Å². The lowest BCUT2D eigenvalue weighted by molar-refractivity contribution is 0.401. The molecule has 0 fully saturated rings. The highest BCUT2D eigenvalue weighted by Gasteiger charge is 2.16. The minimum absolute atomic E-state index is 0.317. The van der Waals surface area contributed by atoms with Crippen LogP contribution in [0.4, 0.5) is 4.39 Å². The van der Waals surface area contributed by atoms with Crippen LogP contribution in [-0.2, 0) is 6.54 Å². The zero-order chi connectivity index (χ0) is 21.5. The third-order valence-electron chi connectivity index (χ3n) is 5.26. The van der Waals surface area contributed by atoms with Crippen LogP contribution in [0.3, 0.4) is 0 Å². The smallest absolute Gasteiger partial charge is 0.241 e. The van der Waals surface area contributed by atoms with Gasteiger partial charge in [0, 0.05) is 11.8 Å². The van der Waals surface area contributed by atoms with Crippen molar-refractivity contribution in [2.75, 3.05) is 14.2 Å². The van der Waals surface area contributed by atoms with E-state index in [1.807, 2.05) is 34.4 Å². The van der Waals surface area contributed by atoms with Gasteiger partial charge in [0.15, 0.2) is 5.65 Å². The van der Waals surface area contributed by atoms with Crippen molar-refractivity contribution in [1.82, 2.24) is 29.1 Å². The van der Waals surface area contributed by atoms with Crippen LogP contribution >= 0.6 is 0 Å². The number of aromatic nitrogens is 6. The average Bonchev–Trinajstić information content (AvgIpc) is 3.34. The number of halogens is 1. The van der Waals surface area contributed by atoms with Crippen LogP contribution in [0.1, 0.15) is 11.4 Å². The van der Waals surface area contributed by atoms with Gasteiger partial charge in [-0.25, -0.2) is 19.3 Å². The Hall–Kier alpha value is -4.01. The van der Waals surface area contributed by atoms with E-state index in [2.05, 4.69) is 19.9 Å². The van der Waals surface area contributed by atoms with Gasteiger partial charge < -0.3 is 18.6 Å². The number of hydrogen-bond acceptors (Lipinski definition) is 6. The Bertz CT molecular complexity index is 1420. The normalized spacial score (nSPS) is 11.4. The molecule has 0 aliphatic heterocycles. The molecule has 1 aromatic carbocycles. The lowest BCUT2D eigenvalue weighted by atomic mass is 10.2. The Morgan fingerprint density at radius 1 is 1.03 bits per heavy atom. The molecule has 8 nitrogen and oxygen atoms in total. The second-order valence-corrected chi connectivity index (χ2v) is 7.04. The molecule has 0 aliphatic rings. The molecule has 0 unspecified atom stereocenters. The largest absolute Gasteiger partial charge is 0.496 e. The molecule has 0 spiro atoms. The first kappa shape index (κ1) is 19.0. The van der Waals surface area contributed by atoms with Crippen molar-refractivity contribution in [3.8, 4) is 17.3 Å². The molecule has 0 saturated heterocycles. The number of methoxy groups -OCH3 is 2. The molecule has 9 heteroatoms. The predicted octanol–water partition coefficient (Wildman–Crippen LogP) is 3.68. The number of benzene rings is 1. The second kappa shape index (κ2) is 7.35. The number of rotatable bonds is 5. The first-order valence-corrected chi connectivity index (χ1v) is 9.60. The van der Waals surface area contributed by atoms with Crippen molar-refractivity contribution >= 4 is 22.2 Å². The van der Waals surface area contributed by atoms with Crippen LogP contribution in [0, 0.1) is 12.7 Å². The van der Waals surface area contributed by atoms with Gasteiger partial charge in [-0.1, -0.05) is 0 Å². The van der Waals surface area contributed by atoms with Crippen LogP contribution in [-0.4, -0.2) is 43.3 Å². The van der Waals surface area contributed by atoms with Crippen molar-refractivity contribution in [2.45, 2.75) is 13.5 Å². The van der Waals surface area contributed by atoms with Crippen molar-refractivity contribution in [3.05, 3.63) is 66.3 Å². The van der Waals surface area contributed by atoms with Gasteiger partial charge in [-0.15, -0.1) is 0 Å². The lowest BCUT2D eigenvalue weighted by Gasteiger charge is -2.12. The maximum Gasteiger partial charge on any atom is 0.241 e. The number of fused-ring (bicyclic) bond motifs is 2. The summed E-state index contributed by atoms with van der Waals surface area (Å²) in [7, 11) is 3.15. The van der Waals surface area contributed by atoms with Crippen molar-refractivity contribution in [2.24, 2.45) is 0 Å². The van der Waals surface area contributed by atoms with E-state index in [9.17, 15) is 4.39 Å². The molecule has 31 heavy (non-hydrogen) atoms. The fraction of sp³-hybridized carbons (Fsp3) is 0.182. The fourth-order valence-corrected chi connectivity index (χ4v) is 3.79. The van der Waals surface area contributed by atoms with E-state index in [0.717, 1.165) is 33.6 Å². The Morgan fingerprint density at radius 2 is 1.90 bits per heavy atom. The van der Waals surface area contributed by atoms with E-state index in [1.54, 1.807) is 26.5 Å². The van der Waals surface area contributed by atoms with E-state index in [-0.39, 0.29) is 5.82 Å². The first-order chi connectivity index (χ1) is 15.1. The van der Waals surface area contributed by atoms with E-state index in [1.165, 1.54) is 18.5 Å². The number of aryl methyl sites for hydroxylation is 1. The maximum atomic E-state index is 13.9. The molecule has 0 aliphatic carbocycles. The van der Waals surface area contributed by atoms with Gasteiger partial charge in [0.2, 0.25) is 5.88 Å². The highest BCUT2D eigenvalue weighted by molar-refractivity contribution is 5.83. The Kier molecular flexibility index (Phi) is 4.50. The van der Waals surface area contributed by atoms with E-state index >= 15 is 0 Å². The van der Waals surface area contributed by atoms with Crippen LogP contribution in [0.2, 0.25) is 0 Å². The summed E-state index contributed by atoms with van der Waals surface area (Å²) in [6.45, 7) is 2.29. The Balaban J connectivity index is 1.66. The highest BCUT2D eigenvalue weighted by Crippen LogP contribution is 2.28. The first-order valence-electron chi connectivity index (χ1n) is 9.60. The van der Waals surface area contributed by atoms with Crippen LogP contribution in [0.25, 0.3) is 27.9 Å². The topological polar surface area (TPSA) is 79.9 Å². The van der Waals surface area contributed by atoms with Crippen molar-refractivity contribution in [1.29, 1.82) is 0 Å². The van der Waals surface area contributed by atoms with E-state index in [0.29, 0.717) is 23.8 Å². The third kappa shape index (κ3) is 3.14. The van der Waals surface area contributed by atoms with Gasteiger partial charge in [0.05, 0.1) is 43.7 Å². The summed E-state index contributed by atoms with van der Waals surface area (Å²) in [5.41, 5.74) is 4.47.